The van der Waals surface area contributed by atoms with Crippen LogP contribution in [0.15, 0.2) is 0 Å². The van der Waals surface area contributed by atoms with Crippen LogP contribution in [0.5, 0.6) is 0 Å². The summed E-state index contributed by atoms with van der Waals surface area (Å²) in [6.45, 7) is 0. The summed E-state index contributed by atoms with van der Waals surface area (Å²) in [5.74, 6) is -1.04. The average Bonchev–Trinajstić information content (AvgIpc) is 2.15. The minimum atomic E-state index is -0.502. The molecule has 1 amide bonds. The normalized spacial score (nSPS) is 47.3. The van der Waals surface area contributed by atoms with E-state index < -0.39 is 11.8 Å². The molecule has 0 aliphatic heterocycles. The van der Waals surface area contributed by atoms with Crippen molar-refractivity contribution in [1.82, 2.24) is 0 Å². The monoisotopic (exact) mass is 207 g/mol. The third-order valence-electron chi connectivity index (χ3n) is 4.38. The highest BCUT2D eigenvalue weighted by molar-refractivity contribution is 6.01. The topological polar surface area (TPSA) is 77.2 Å². The minimum absolute atomic E-state index is 0.0343. The van der Waals surface area contributed by atoms with E-state index in [1.165, 1.54) is 0 Å². The van der Waals surface area contributed by atoms with Gasteiger partial charge < -0.3 is 5.73 Å². The van der Waals surface area contributed by atoms with E-state index in [-0.39, 0.29) is 35.2 Å². The zero-order valence-corrected chi connectivity index (χ0v) is 8.31. The largest absolute Gasteiger partial charge is 0.369 e. The fourth-order valence-corrected chi connectivity index (χ4v) is 3.78. The van der Waals surface area contributed by atoms with Crippen LogP contribution in [0.1, 0.15) is 19.3 Å². The van der Waals surface area contributed by atoms with Gasteiger partial charge in [0.2, 0.25) is 5.91 Å². The summed E-state index contributed by atoms with van der Waals surface area (Å²) in [6, 6.07) is 0. The van der Waals surface area contributed by atoms with Crippen LogP contribution in [-0.4, -0.2) is 17.5 Å². The third-order valence-corrected chi connectivity index (χ3v) is 4.38. The Kier molecular flexibility index (Phi) is 1.62. The third kappa shape index (κ3) is 0.994. The lowest BCUT2D eigenvalue weighted by Gasteiger charge is -2.50. The molecular weight excluding hydrogens is 194 g/mol. The standard InChI is InChI=1S/C11H13NO3/c12-11(15)8-6-2-4-1-5(10(6)14)3-7(8)9(4)13/h4-8H,1-3H2,(H2,12,15). The molecule has 2 N–H and O–H groups in total. The van der Waals surface area contributed by atoms with Crippen LogP contribution in [0.25, 0.3) is 0 Å². The van der Waals surface area contributed by atoms with Gasteiger partial charge in [-0.15, -0.1) is 0 Å². The summed E-state index contributed by atoms with van der Waals surface area (Å²) in [7, 11) is 0. The summed E-state index contributed by atoms with van der Waals surface area (Å²) >= 11 is 0. The van der Waals surface area contributed by atoms with E-state index >= 15 is 0 Å². The first kappa shape index (κ1) is 9.07. The van der Waals surface area contributed by atoms with Gasteiger partial charge in [-0.25, -0.2) is 0 Å². The molecule has 80 valence electrons. The molecular formula is C11H13NO3. The average molecular weight is 207 g/mol. The molecule has 4 unspecified atom stereocenters. The zero-order chi connectivity index (χ0) is 10.7. The molecule has 4 atom stereocenters. The molecule has 4 nitrogen and oxygen atoms in total. The van der Waals surface area contributed by atoms with E-state index in [2.05, 4.69) is 0 Å². The molecule has 0 heterocycles. The van der Waals surface area contributed by atoms with Gasteiger partial charge >= 0.3 is 0 Å². The van der Waals surface area contributed by atoms with Gasteiger partial charge in [0.1, 0.15) is 11.6 Å². The first-order valence-corrected chi connectivity index (χ1v) is 5.46. The Hall–Kier alpha value is -1.19. The van der Waals surface area contributed by atoms with Crippen molar-refractivity contribution in [2.45, 2.75) is 19.3 Å². The summed E-state index contributed by atoms with van der Waals surface area (Å²) in [5.41, 5.74) is 5.30. The second-order valence-electron chi connectivity index (χ2n) is 5.05. The highest BCUT2D eigenvalue weighted by Crippen LogP contribution is 2.52. The first-order valence-electron chi connectivity index (χ1n) is 5.46. The number of hydrogen-bond donors (Lipinski definition) is 1. The molecule has 4 aliphatic carbocycles. The molecule has 0 aromatic rings. The number of carbonyl (C=O) groups is 3. The molecule has 4 fully saturated rings. The number of Topliss-reactive ketones (excluding diaryl/α,β-unsaturated/α-hetero) is 2. The van der Waals surface area contributed by atoms with Crippen molar-refractivity contribution >= 4 is 17.5 Å². The van der Waals surface area contributed by atoms with Crippen molar-refractivity contribution < 1.29 is 14.4 Å². The van der Waals surface area contributed by atoms with Gasteiger partial charge in [-0.2, -0.15) is 0 Å². The Labute approximate surface area is 87.2 Å². The highest BCUT2D eigenvalue weighted by atomic mass is 16.2. The van der Waals surface area contributed by atoms with Gasteiger partial charge in [0.25, 0.3) is 0 Å². The Balaban J connectivity index is 2.03. The Morgan fingerprint density at radius 3 is 1.87 bits per heavy atom. The van der Waals surface area contributed by atoms with Crippen LogP contribution in [0.3, 0.4) is 0 Å². The second-order valence-corrected chi connectivity index (χ2v) is 5.05. The van der Waals surface area contributed by atoms with Crippen molar-refractivity contribution in [3.05, 3.63) is 0 Å². The number of carbonyl (C=O) groups excluding carboxylic acids is 3. The number of primary amides is 1. The first-order chi connectivity index (χ1) is 7.09. The molecule has 4 bridgehead atoms. The maximum Gasteiger partial charge on any atom is 0.221 e. The maximum atomic E-state index is 11.9. The summed E-state index contributed by atoms with van der Waals surface area (Å²) in [4.78, 5) is 35.1. The lowest BCUT2D eigenvalue weighted by molar-refractivity contribution is -0.162. The SMILES string of the molecule is NC(=O)C1C2CC3CC(CC1C3=O)C2=O. The number of hydrogen-bond acceptors (Lipinski definition) is 3. The Morgan fingerprint density at radius 1 is 1.00 bits per heavy atom. The number of rotatable bonds is 1. The molecule has 0 aromatic heterocycles. The second kappa shape index (κ2) is 2.68. The molecule has 15 heavy (non-hydrogen) atoms. The molecule has 4 rings (SSSR count). The van der Waals surface area contributed by atoms with Crippen LogP contribution in [-0.2, 0) is 14.4 Å². The van der Waals surface area contributed by atoms with Crippen molar-refractivity contribution in [2.75, 3.05) is 0 Å². The zero-order valence-electron chi connectivity index (χ0n) is 8.31. The molecule has 4 saturated carbocycles. The fraction of sp³-hybridized carbons (Fsp3) is 0.727. The van der Waals surface area contributed by atoms with E-state index in [0.717, 1.165) is 6.42 Å². The number of nitrogens with two attached hydrogens (primary N) is 1. The molecule has 0 aromatic carbocycles. The Morgan fingerprint density at radius 2 is 1.47 bits per heavy atom. The molecule has 0 saturated heterocycles. The van der Waals surface area contributed by atoms with Crippen LogP contribution in [0.2, 0.25) is 0 Å². The molecule has 4 aliphatic rings. The summed E-state index contributed by atoms with van der Waals surface area (Å²) in [5, 5.41) is 0. The molecule has 0 radical (unpaired) electrons. The summed E-state index contributed by atoms with van der Waals surface area (Å²) < 4.78 is 0. The smallest absolute Gasteiger partial charge is 0.221 e. The maximum absolute atomic E-state index is 11.9. The Bertz CT molecular complexity index is 348. The number of amides is 1. The molecule has 0 spiro atoms. The van der Waals surface area contributed by atoms with Gasteiger partial charge in [-0.1, -0.05) is 0 Å². The number of ketones is 2. The lowest BCUT2D eigenvalue weighted by atomic mass is 9.50. The van der Waals surface area contributed by atoms with Crippen LogP contribution in [0, 0.1) is 29.6 Å². The van der Waals surface area contributed by atoms with Gasteiger partial charge in [0.15, 0.2) is 0 Å². The quantitative estimate of drug-likeness (QED) is 0.652. The van der Waals surface area contributed by atoms with E-state index in [9.17, 15) is 14.4 Å². The van der Waals surface area contributed by atoms with Gasteiger partial charge in [0.05, 0.1) is 5.92 Å². The van der Waals surface area contributed by atoms with E-state index in [1.54, 1.807) is 0 Å². The predicted molar refractivity (Wildman–Crippen MR) is 50.5 cm³/mol. The lowest BCUT2D eigenvalue weighted by Crippen LogP contribution is -2.59. The van der Waals surface area contributed by atoms with Gasteiger partial charge in [-0.3, -0.25) is 14.4 Å². The van der Waals surface area contributed by atoms with E-state index in [0.29, 0.717) is 12.8 Å². The van der Waals surface area contributed by atoms with Crippen LogP contribution in [0.4, 0.5) is 0 Å². The van der Waals surface area contributed by atoms with Gasteiger partial charge in [0, 0.05) is 23.7 Å². The van der Waals surface area contributed by atoms with Gasteiger partial charge in [-0.05, 0) is 19.3 Å². The van der Waals surface area contributed by atoms with Crippen LogP contribution < -0.4 is 5.73 Å². The molecule has 4 heteroatoms. The van der Waals surface area contributed by atoms with E-state index in [1.807, 2.05) is 0 Å². The van der Waals surface area contributed by atoms with Crippen molar-refractivity contribution in [3.63, 3.8) is 0 Å². The van der Waals surface area contributed by atoms with Crippen molar-refractivity contribution in [3.8, 4) is 0 Å². The van der Waals surface area contributed by atoms with Crippen LogP contribution >= 0.6 is 0 Å². The predicted octanol–water partition coefficient (Wildman–Crippen LogP) is -0.0980. The van der Waals surface area contributed by atoms with Crippen molar-refractivity contribution in [2.24, 2.45) is 35.3 Å². The minimum Gasteiger partial charge on any atom is -0.369 e. The fourth-order valence-electron chi connectivity index (χ4n) is 3.78. The highest BCUT2D eigenvalue weighted by Gasteiger charge is 2.58. The van der Waals surface area contributed by atoms with Crippen molar-refractivity contribution in [1.29, 1.82) is 0 Å². The van der Waals surface area contributed by atoms with E-state index in [4.69, 9.17) is 5.73 Å². The summed E-state index contributed by atoms with van der Waals surface area (Å²) in [6.07, 6.45) is 1.85.